The summed E-state index contributed by atoms with van der Waals surface area (Å²) in [7, 11) is 0. The third kappa shape index (κ3) is 2.78. The standard InChI is InChI=1S/C20H19NO2S/c1-4-24-18-17(15-8-6-5-7-9-15)19(22)21(20(18)23)16-11-10-13(2)14(3)12-16/h5-12H,4H2,1-3H3. The minimum absolute atomic E-state index is 0.228. The largest absolute Gasteiger partial charge is 0.272 e. The number of aryl methyl sites for hydroxylation is 2. The van der Waals surface area contributed by atoms with Crippen molar-refractivity contribution in [2.45, 2.75) is 20.8 Å². The molecule has 122 valence electrons. The van der Waals surface area contributed by atoms with E-state index in [1.807, 2.05) is 69.3 Å². The monoisotopic (exact) mass is 337 g/mol. The highest BCUT2D eigenvalue weighted by Crippen LogP contribution is 2.38. The summed E-state index contributed by atoms with van der Waals surface area (Å²) in [5.41, 5.74) is 4.13. The molecule has 0 saturated heterocycles. The maximum atomic E-state index is 13.0. The van der Waals surface area contributed by atoms with Crippen LogP contribution in [0, 0.1) is 13.8 Å². The van der Waals surface area contributed by atoms with Crippen molar-refractivity contribution >= 4 is 34.8 Å². The maximum Gasteiger partial charge on any atom is 0.272 e. The Kier molecular flexibility index (Phi) is 4.58. The third-order valence-corrected chi connectivity index (χ3v) is 5.10. The number of carbonyl (C=O) groups is 2. The summed E-state index contributed by atoms with van der Waals surface area (Å²) in [5.74, 6) is 0.269. The molecule has 3 rings (SSSR count). The van der Waals surface area contributed by atoms with Crippen molar-refractivity contribution in [3.05, 3.63) is 70.1 Å². The van der Waals surface area contributed by atoms with E-state index in [9.17, 15) is 9.59 Å². The Morgan fingerprint density at radius 3 is 2.25 bits per heavy atom. The van der Waals surface area contributed by atoms with Gasteiger partial charge in [0.1, 0.15) is 0 Å². The number of nitrogens with zero attached hydrogens (tertiary/aromatic N) is 1. The Hall–Kier alpha value is -2.33. The first kappa shape index (κ1) is 16.5. The summed E-state index contributed by atoms with van der Waals surface area (Å²) >= 11 is 1.43. The minimum Gasteiger partial charge on any atom is -0.268 e. The predicted octanol–water partition coefficient (Wildman–Crippen LogP) is 4.34. The molecule has 1 aliphatic heterocycles. The molecule has 24 heavy (non-hydrogen) atoms. The topological polar surface area (TPSA) is 37.4 Å². The van der Waals surface area contributed by atoms with Crippen molar-refractivity contribution in [1.29, 1.82) is 0 Å². The first-order chi connectivity index (χ1) is 11.5. The van der Waals surface area contributed by atoms with E-state index in [1.54, 1.807) is 0 Å². The first-order valence-electron chi connectivity index (χ1n) is 7.93. The lowest BCUT2D eigenvalue weighted by Gasteiger charge is -2.16. The molecule has 0 N–H and O–H groups in total. The summed E-state index contributed by atoms with van der Waals surface area (Å²) in [6.45, 7) is 5.98. The van der Waals surface area contributed by atoms with E-state index in [4.69, 9.17) is 0 Å². The van der Waals surface area contributed by atoms with Crippen molar-refractivity contribution in [2.75, 3.05) is 10.7 Å². The number of carbonyl (C=O) groups excluding carboxylic acids is 2. The molecule has 0 unspecified atom stereocenters. The number of thioether (sulfide) groups is 1. The first-order valence-corrected chi connectivity index (χ1v) is 8.91. The fraction of sp³-hybridized carbons (Fsp3) is 0.200. The Morgan fingerprint density at radius 2 is 1.62 bits per heavy atom. The highest BCUT2D eigenvalue weighted by Gasteiger charge is 2.39. The van der Waals surface area contributed by atoms with E-state index in [-0.39, 0.29) is 11.8 Å². The van der Waals surface area contributed by atoms with E-state index in [1.165, 1.54) is 16.7 Å². The van der Waals surface area contributed by atoms with E-state index in [2.05, 4.69) is 0 Å². The molecule has 2 aromatic rings. The van der Waals surface area contributed by atoms with Crippen LogP contribution in [-0.4, -0.2) is 17.6 Å². The Bertz CT molecular complexity index is 840. The van der Waals surface area contributed by atoms with Crippen molar-refractivity contribution in [2.24, 2.45) is 0 Å². The number of anilines is 1. The van der Waals surface area contributed by atoms with E-state index in [0.717, 1.165) is 22.4 Å². The second kappa shape index (κ2) is 6.65. The molecule has 1 heterocycles. The van der Waals surface area contributed by atoms with Gasteiger partial charge in [0, 0.05) is 0 Å². The van der Waals surface area contributed by atoms with Crippen molar-refractivity contribution in [3.8, 4) is 0 Å². The van der Waals surface area contributed by atoms with Gasteiger partial charge < -0.3 is 0 Å². The van der Waals surface area contributed by atoms with Crippen LogP contribution in [0.15, 0.2) is 53.4 Å². The summed E-state index contributed by atoms with van der Waals surface area (Å²) in [6.07, 6.45) is 0. The average Bonchev–Trinajstić information content (AvgIpc) is 2.82. The number of hydrogen-bond donors (Lipinski definition) is 0. The van der Waals surface area contributed by atoms with Crippen molar-refractivity contribution < 1.29 is 9.59 Å². The highest BCUT2D eigenvalue weighted by atomic mass is 32.2. The SMILES string of the molecule is CCSC1=C(c2ccccc2)C(=O)N(c2ccc(C)c(C)c2)C1=O. The van der Waals surface area contributed by atoms with E-state index >= 15 is 0 Å². The molecular formula is C20H19NO2S. The molecule has 0 aliphatic carbocycles. The second-order valence-electron chi connectivity index (χ2n) is 5.72. The van der Waals surface area contributed by atoms with Crippen LogP contribution in [0.5, 0.6) is 0 Å². The summed E-state index contributed by atoms with van der Waals surface area (Å²) in [6, 6.07) is 15.1. The van der Waals surface area contributed by atoms with Crippen LogP contribution in [0.25, 0.3) is 5.57 Å². The van der Waals surface area contributed by atoms with E-state index < -0.39 is 0 Å². The molecule has 4 heteroatoms. The molecule has 3 nitrogen and oxygen atoms in total. The Balaban J connectivity index is 2.09. The van der Waals surface area contributed by atoms with Gasteiger partial charge in [0.05, 0.1) is 16.2 Å². The zero-order valence-corrected chi connectivity index (χ0v) is 14.8. The molecule has 0 bridgehead atoms. The summed E-state index contributed by atoms with van der Waals surface area (Å²) in [4.78, 5) is 27.8. The van der Waals surface area contributed by atoms with Gasteiger partial charge in [0.2, 0.25) is 0 Å². The molecule has 0 saturated carbocycles. The molecule has 0 atom stereocenters. The summed E-state index contributed by atoms with van der Waals surface area (Å²) < 4.78 is 0. The van der Waals surface area contributed by atoms with Gasteiger partial charge in [-0.3, -0.25) is 9.59 Å². The zero-order chi connectivity index (χ0) is 17.3. The van der Waals surface area contributed by atoms with Gasteiger partial charge in [-0.1, -0.05) is 43.3 Å². The minimum atomic E-state index is -0.245. The van der Waals surface area contributed by atoms with Gasteiger partial charge in [0.15, 0.2) is 0 Å². The quantitative estimate of drug-likeness (QED) is 0.779. The number of benzene rings is 2. The molecule has 1 aliphatic rings. The van der Waals surface area contributed by atoms with Gasteiger partial charge in [-0.05, 0) is 48.4 Å². The van der Waals surface area contributed by atoms with Gasteiger partial charge in [-0.2, -0.15) is 0 Å². The van der Waals surface area contributed by atoms with Crippen LogP contribution in [0.3, 0.4) is 0 Å². The molecule has 0 spiro atoms. The zero-order valence-electron chi connectivity index (χ0n) is 14.0. The van der Waals surface area contributed by atoms with Gasteiger partial charge >= 0.3 is 0 Å². The van der Waals surface area contributed by atoms with Crippen LogP contribution in [0.2, 0.25) is 0 Å². The average molecular weight is 337 g/mol. The van der Waals surface area contributed by atoms with Gasteiger partial charge in [-0.25, -0.2) is 4.90 Å². The molecule has 0 radical (unpaired) electrons. The maximum absolute atomic E-state index is 13.0. The highest BCUT2D eigenvalue weighted by molar-refractivity contribution is 8.04. The smallest absolute Gasteiger partial charge is 0.268 e. The Labute approximate surface area is 146 Å². The second-order valence-corrected chi connectivity index (χ2v) is 6.99. The fourth-order valence-electron chi connectivity index (χ4n) is 2.75. The fourth-order valence-corrected chi connectivity index (χ4v) is 3.60. The molecule has 0 fully saturated rings. The van der Waals surface area contributed by atoms with Gasteiger partial charge in [-0.15, -0.1) is 11.8 Å². The molecule has 0 aromatic heterocycles. The van der Waals surface area contributed by atoms with Crippen LogP contribution >= 0.6 is 11.8 Å². The molecule has 2 amide bonds. The predicted molar refractivity (Wildman–Crippen MR) is 99.9 cm³/mol. The summed E-state index contributed by atoms with van der Waals surface area (Å²) in [5, 5.41) is 0. The van der Waals surface area contributed by atoms with Crippen molar-refractivity contribution in [3.63, 3.8) is 0 Å². The number of imide groups is 1. The van der Waals surface area contributed by atoms with Crippen LogP contribution in [0.4, 0.5) is 5.69 Å². The number of amides is 2. The van der Waals surface area contributed by atoms with Gasteiger partial charge in [0.25, 0.3) is 11.8 Å². The lowest BCUT2D eigenvalue weighted by atomic mass is 10.1. The molecular weight excluding hydrogens is 318 g/mol. The van der Waals surface area contributed by atoms with Crippen LogP contribution in [-0.2, 0) is 9.59 Å². The normalized spacial score (nSPS) is 14.7. The lowest BCUT2D eigenvalue weighted by molar-refractivity contribution is -0.119. The molecule has 2 aromatic carbocycles. The van der Waals surface area contributed by atoms with Crippen LogP contribution < -0.4 is 4.90 Å². The number of hydrogen-bond acceptors (Lipinski definition) is 3. The van der Waals surface area contributed by atoms with Crippen LogP contribution in [0.1, 0.15) is 23.6 Å². The van der Waals surface area contributed by atoms with E-state index in [0.29, 0.717) is 16.2 Å². The number of rotatable bonds is 4. The lowest BCUT2D eigenvalue weighted by Crippen LogP contribution is -2.31. The van der Waals surface area contributed by atoms with Crippen molar-refractivity contribution in [1.82, 2.24) is 0 Å². The third-order valence-electron chi connectivity index (χ3n) is 4.14. The Morgan fingerprint density at radius 1 is 0.917 bits per heavy atom.